The van der Waals surface area contributed by atoms with Crippen LogP contribution in [0.15, 0.2) is 24.3 Å². The first-order valence-corrected chi connectivity index (χ1v) is 24.5. The van der Waals surface area contributed by atoms with Gasteiger partial charge in [-0.15, -0.1) is 0 Å². The Hall–Kier alpha value is -0.500. The second-order valence-electron chi connectivity index (χ2n) is 14.8. The molecule has 0 radical (unpaired) electrons. The summed E-state index contributed by atoms with van der Waals surface area (Å²) in [7, 11) is -5.41. The molecule has 13 heteroatoms. The summed E-state index contributed by atoms with van der Waals surface area (Å²) < 4.78 is 63.4. The molecular formula is C42H80CaN2O8S2. The zero-order chi connectivity index (χ0) is 40.8. The number of hydrogen-bond donors (Lipinski definition) is 0. The number of nitrogens with zero attached hydrogens (tertiary/aromatic N) is 2. The van der Waals surface area contributed by atoms with Crippen LogP contribution in [0.5, 0.6) is 0 Å². The van der Waals surface area contributed by atoms with Crippen LogP contribution in [-0.4, -0.2) is 124 Å². The van der Waals surface area contributed by atoms with Gasteiger partial charge in [0.15, 0.2) is 0 Å². The van der Waals surface area contributed by atoms with Gasteiger partial charge >= 0.3 is 37.7 Å². The Morgan fingerprint density at radius 1 is 0.436 bits per heavy atom. The Labute approximate surface area is 369 Å². The van der Waals surface area contributed by atoms with Gasteiger partial charge in [-0.2, -0.15) is 0 Å². The molecule has 0 saturated carbocycles. The standard InChI is InChI=1S/2C21H41NO4S.Ca/c2*1-3-4-5-6-7-8-9-10-11-12-13-14-15-16-17-18-21(23)22(2)19-20-27(24,25)26;/h2*10-11H,3-9,12-20H2,1-2H3,(H,24,25,26);/q;;+2/p-2/b2*11-10-;. The number of carbonyl (C=O) groups is 2. The van der Waals surface area contributed by atoms with E-state index < -0.39 is 31.7 Å². The van der Waals surface area contributed by atoms with Gasteiger partial charge in [-0.25, -0.2) is 16.8 Å². The van der Waals surface area contributed by atoms with E-state index in [1.807, 2.05) is 0 Å². The molecule has 55 heavy (non-hydrogen) atoms. The first-order chi connectivity index (χ1) is 25.7. The average molecular weight is 845 g/mol. The van der Waals surface area contributed by atoms with Gasteiger partial charge in [0.05, 0.1) is 31.7 Å². The summed E-state index contributed by atoms with van der Waals surface area (Å²) in [6.07, 6.45) is 41.6. The number of amides is 2. The Balaban J connectivity index is -0.000000966. The topological polar surface area (TPSA) is 155 Å². The maximum atomic E-state index is 11.8. The molecule has 0 bridgehead atoms. The van der Waals surface area contributed by atoms with Crippen LogP contribution in [0.4, 0.5) is 0 Å². The van der Waals surface area contributed by atoms with E-state index in [1.165, 1.54) is 125 Å². The van der Waals surface area contributed by atoms with Gasteiger partial charge in [0.1, 0.15) is 0 Å². The molecule has 0 aliphatic carbocycles. The van der Waals surface area contributed by atoms with Crippen LogP contribution in [0, 0.1) is 0 Å². The minimum atomic E-state index is -4.25. The maximum Gasteiger partial charge on any atom is 2.00 e. The molecule has 0 spiro atoms. The Morgan fingerprint density at radius 3 is 0.927 bits per heavy atom. The minimum absolute atomic E-state index is 0. The van der Waals surface area contributed by atoms with Crippen molar-refractivity contribution in [2.75, 3.05) is 38.7 Å². The van der Waals surface area contributed by atoms with E-state index in [1.54, 1.807) is 14.1 Å². The fraction of sp³-hybridized carbons (Fsp3) is 0.857. The fourth-order valence-corrected chi connectivity index (χ4v) is 6.82. The molecule has 0 saturated heterocycles. The number of carbonyl (C=O) groups excluding carboxylic acids is 2. The Bertz CT molecular complexity index is 1070. The first kappa shape index (κ1) is 58.8. The van der Waals surface area contributed by atoms with Gasteiger partial charge in [0.2, 0.25) is 11.8 Å². The van der Waals surface area contributed by atoms with E-state index in [-0.39, 0.29) is 62.6 Å². The van der Waals surface area contributed by atoms with Crippen molar-refractivity contribution in [3.63, 3.8) is 0 Å². The molecule has 0 unspecified atom stereocenters. The van der Waals surface area contributed by atoms with E-state index in [2.05, 4.69) is 38.2 Å². The third kappa shape index (κ3) is 49.6. The summed E-state index contributed by atoms with van der Waals surface area (Å²) in [5, 5.41) is 0. The quantitative estimate of drug-likeness (QED) is 0.0261. The smallest absolute Gasteiger partial charge is 0.748 e. The fourth-order valence-electron chi connectivity index (χ4n) is 5.82. The molecule has 0 aliphatic heterocycles. The normalized spacial score (nSPS) is 11.7. The molecule has 0 rings (SSSR count). The summed E-state index contributed by atoms with van der Waals surface area (Å²) in [5.74, 6) is -1.20. The predicted molar refractivity (Wildman–Crippen MR) is 229 cm³/mol. The van der Waals surface area contributed by atoms with Crippen LogP contribution in [-0.2, 0) is 29.8 Å². The van der Waals surface area contributed by atoms with Crippen LogP contribution < -0.4 is 0 Å². The summed E-state index contributed by atoms with van der Waals surface area (Å²) in [4.78, 5) is 26.3. The van der Waals surface area contributed by atoms with Gasteiger partial charge in [-0.05, 0) is 64.2 Å². The third-order valence-electron chi connectivity index (χ3n) is 9.51. The second-order valence-corrected chi connectivity index (χ2v) is 17.9. The zero-order valence-electron chi connectivity index (χ0n) is 35.6. The summed E-state index contributed by atoms with van der Waals surface area (Å²) in [6.45, 7) is 4.46. The maximum absolute atomic E-state index is 11.8. The molecule has 2 amide bonds. The van der Waals surface area contributed by atoms with Crippen LogP contribution in [0.3, 0.4) is 0 Å². The van der Waals surface area contributed by atoms with E-state index in [9.17, 15) is 35.5 Å². The van der Waals surface area contributed by atoms with Crippen molar-refractivity contribution >= 4 is 69.8 Å². The number of rotatable bonds is 36. The van der Waals surface area contributed by atoms with Crippen LogP contribution in [0.2, 0.25) is 0 Å². The van der Waals surface area contributed by atoms with Gasteiger partial charge in [-0.1, -0.05) is 141 Å². The third-order valence-corrected chi connectivity index (χ3v) is 10.9. The molecule has 0 aliphatic rings. The van der Waals surface area contributed by atoms with Crippen molar-refractivity contribution in [1.82, 2.24) is 9.80 Å². The molecule has 320 valence electrons. The minimum Gasteiger partial charge on any atom is -0.748 e. The molecule has 0 fully saturated rings. The van der Waals surface area contributed by atoms with Crippen LogP contribution >= 0.6 is 0 Å². The Morgan fingerprint density at radius 2 is 0.673 bits per heavy atom. The number of hydrogen-bond acceptors (Lipinski definition) is 8. The summed E-state index contributed by atoms with van der Waals surface area (Å²) >= 11 is 0. The SMILES string of the molecule is CCCCCCCC/C=C\CCCCCCCC(=O)N(C)CCS(=O)(=O)[O-].CCCCCCCC/C=C\CCCCCCCC(=O)N(C)CCS(=O)(=O)[O-].[Ca+2]. The molecule has 0 heterocycles. The molecule has 0 aromatic heterocycles. The van der Waals surface area contributed by atoms with E-state index in [0.717, 1.165) is 51.4 Å². The molecule has 0 aromatic carbocycles. The molecule has 0 aromatic rings. The number of unbranched alkanes of at least 4 members (excludes halogenated alkanes) is 22. The van der Waals surface area contributed by atoms with E-state index in [0.29, 0.717) is 12.8 Å². The largest absolute Gasteiger partial charge is 2.00 e. The van der Waals surface area contributed by atoms with Crippen molar-refractivity contribution in [2.45, 2.75) is 194 Å². The Kier molecular flexibility index (Phi) is 44.5. The summed E-state index contributed by atoms with van der Waals surface area (Å²) in [5.41, 5.74) is 0. The van der Waals surface area contributed by atoms with Gasteiger partial charge in [0, 0.05) is 40.0 Å². The molecule has 0 atom stereocenters. The number of allylic oxidation sites excluding steroid dienone is 4. The van der Waals surface area contributed by atoms with Gasteiger partial charge < -0.3 is 18.9 Å². The average Bonchev–Trinajstić information content (AvgIpc) is 3.12. The van der Waals surface area contributed by atoms with E-state index >= 15 is 0 Å². The van der Waals surface area contributed by atoms with Crippen molar-refractivity contribution in [1.29, 1.82) is 0 Å². The van der Waals surface area contributed by atoms with E-state index in [4.69, 9.17) is 0 Å². The molecule has 0 N–H and O–H groups in total. The predicted octanol–water partition coefficient (Wildman–Crippen LogP) is 9.67. The van der Waals surface area contributed by atoms with Crippen molar-refractivity contribution < 1.29 is 35.5 Å². The van der Waals surface area contributed by atoms with Crippen molar-refractivity contribution in [2.24, 2.45) is 0 Å². The van der Waals surface area contributed by atoms with Crippen molar-refractivity contribution in [3.05, 3.63) is 24.3 Å². The van der Waals surface area contributed by atoms with Gasteiger partial charge in [-0.3, -0.25) is 9.59 Å². The zero-order valence-corrected chi connectivity index (χ0v) is 39.5. The summed E-state index contributed by atoms with van der Waals surface area (Å²) in [6, 6.07) is 0. The second kappa shape index (κ2) is 41.7. The molecular weight excluding hydrogens is 765 g/mol. The van der Waals surface area contributed by atoms with Gasteiger partial charge in [0.25, 0.3) is 0 Å². The van der Waals surface area contributed by atoms with Crippen molar-refractivity contribution in [3.8, 4) is 0 Å². The monoisotopic (exact) mass is 844 g/mol. The van der Waals surface area contributed by atoms with Crippen LogP contribution in [0.25, 0.3) is 0 Å². The van der Waals surface area contributed by atoms with Crippen LogP contribution in [0.1, 0.15) is 194 Å². The first-order valence-electron chi connectivity index (χ1n) is 21.4. The molecule has 10 nitrogen and oxygen atoms in total.